The molecule has 5 heteroatoms. The van der Waals surface area contributed by atoms with Gasteiger partial charge in [0.2, 0.25) is 0 Å². The first-order valence-electron chi connectivity index (χ1n) is 1.69. The Morgan fingerprint density at radius 1 is 1.12 bits per heavy atom. The van der Waals surface area contributed by atoms with Crippen molar-refractivity contribution in [3.8, 4) is 0 Å². The van der Waals surface area contributed by atoms with Crippen LogP contribution < -0.4 is 0 Å². The van der Waals surface area contributed by atoms with Crippen LogP contribution in [0.1, 0.15) is 6.92 Å². The van der Waals surface area contributed by atoms with E-state index in [-0.39, 0.29) is 6.92 Å². The molecule has 0 aromatic carbocycles. The van der Waals surface area contributed by atoms with E-state index in [1.54, 1.807) is 0 Å². The van der Waals surface area contributed by atoms with E-state index in [1.807, 2.05) is 0 Å². The molecule has 0 aliphatic heterocycles. The van der Waals surface area contributed by atoms with Gasteiger partial charge < -0.3 is 0 Å². The van der Waals surface area contributed by atoms with Crippen LogP contribution in [0.2, 0.25) is 0 Å². The predicted molar refractivity (Wildman–Crippen MR) is 21.4 cm³/mol. The summed E-state index contributed by atoms with van der Waals surface area (Å²) in [6.45, 7) is 0.245. The van der Waals surface area contributed by atoms with Gasteiger partial charge in [-0.2, -0.15) is 13.2 Å². The van der Waals surface area contributed by atoms with E-state index in [0.29, 0.717) is 0 Å². The fourth-order valence-electron chi connectivity index (χ4n) is 0. The predicted octanol–water partition coefficient (Wildman–Crippen LogP) is 2.47. The fourth-order valence-corrected chi connectivity index (χ4v) is 0. The Kier molecular flexibility index (Phi) is 1.76. The van der Waals surface area contributed by atoms with Crippen molar-refractivity contribution in [1.82, 2.24) is 0 Å². The highest BCUT2D eigenvalue weighted by Crippen LogP contribution is 2.36. The van der Waals surface area contributed by atoms with Crippen molar-refractivity contribution in [2.75, 3.05) is 0 Å². The summed E-state index contributed by atoms with van der Waals surface area (Å²) in [5, 5.41) is -3.59. The third kappa shape index (κ3) is 1.86. The van der Waals surface area contributed by atoms with Crippen LogP contribution in [0, 0.1) is 0 Å². The third-order valence-electron chi connectivity index (χ3n) is 0.498. The van der Waals surface area contributed by atoms with E-state index >= 15 is 0 Å². The molecule has 0 aromatic heterocycles. The lowest BCUT2D eigenvalue weighted by molar-refractivity contribution is -0.192. The van der Waals surface area contributed by atoms with E-state index < -0.39 is 11.3 Å². The van der Waals surface area contributed by atoms with Crippen LogP contribution in [0.5, 0.6) is 0 Å². The van der Waals surface area contributed by atoms with E-state index in [1.165, 1.54) is 0 Å². The number of hydrogen-bond acceptors (Lipinski definition) is 0. The number of alkyl halides is 5. The zero-order chi connectivity index (χ0) is 7.00. The molecular weight excluding hydrogens is 147 g/mol. The van der Waals surface area contributed by atoms with Gasteiger partial charge in [-0.05, 0) is 6.92 Å². The Morgan fingerprint density at radius 2 is 1.25 bits per heavy atom. The lowest BCUT2D eigenvalue weighted by Crippen LogP contribution is -2.31. The molecule has 0 bridgehead atoms. The number of halogens is 5. The lowest BCUT2D eigenvalue weighted by atomic mass is 10.4. The summed E-state index contributed by atoms with van der Waals surface area (Å²) in [7, 11) is 0. The Labute approximate surface area is 48.4 Å². The van der Waals surface area contributed by atoms with Crippen LogP contribution >= 0.6 is 11.6 Å². The molecule has 0 radical (unpaired) electrons. The molecule has 0 saturated heterocycles. The summed E-state index contributed by atoms with van der Waals surface area (Å²) < 4.78 is 44.7. The summed E-state index contributed by atoms with van der Waals surface area (Å²) in [4.78, 5) is 0. The first-order chi connectivity index (χ1) is 3.25. The van der Waals surface area contributed by atoms with Gasteiger partial charge in [-0.15, -0.1) is 0 Å². The Hall–Kier alpha value is 0.01000. The van der Waals surface area contributed by atoms with Crippen molar-refractivity contribution in [3.05, 3.63) is 0 Å². The molecule has 1 atom stereocenters. The number of hydrogen-bond donors (Lipinski definition) is 0. The Bertz CT molecular complexity index is 66.3. The van der Waals surface area contributed by atoms with Gasteiger partial charge in [-0.25, -0.2) is 4.39 Å². The summed E-state index contributed by atoms with van der Waals surface area (Å²) in [6.07, 6.45) is -4.96. The molecule has 0 spiro atoms. The zero-order valence-electron chi connectivity index (χ0n) is 3.89. The molecule has 0 unspecified atom stereocenters. The molecule has 0 heterocycles. The normalized spacial score (nSPS) is 20.2. The minimum absolute atomic E-state index is 0.245. The van der Waals surface area contributed by atoms with Gasteiger partial charge in [0.25, 0.3) is 5.13 Å². The smallest absolute Gasteiger partial charge is 0.216 e. The highest BCUT2D eigenvalue weighted by molar-refractivity contribution is 6.23. The molecule has 0 N–H and O–H groups in total. The molecular formula is C3H3ClF4. The third-order valence-corrected chi connectivity index (χ3v) is 0.712. The van der Waals surface area contributed by atoms with Gasteiger partial charge in [0, 0.05) is 0 Å². The van der Waals surface area contributed by atoms with Crippen molar-refractivity contribution in [1.29, 1.82) is 0 Å². The van der Waals surface area contributed by atoms with Crippen molar-refractivity contribution in [2.45, 2.75) is 18.2 Å². The maximum absolute atomic E-state index is 11.5. The summed E-state index contributed by atoms with van der Waals surface area (Å²) in [6, 6.07) is 0. The Balaban J connectivity index is 4.02. The van der Waals surface area contributed by atoms with Crippen LogP contribution in [-0.2, 0) is 0 Å². The minimum Gasteiger partial charge on any atom is -0.216 e. The molecule has 0 fully saturated rings. The second-order valence-corrected chi connectivity index (χ2v) is 2.10. The van der Waals surface area contributed by atoms with Gasteiger partial charge in [-0.1, -0.05) is 11.6 Å². The van der Waals surface area contributed by atoms with Gasteiger partial charge in [0.1, 0.15) is 0 Å². The zero-order valence-corrected chi connectivity index (χ0v) is 4.65. The standard InChI is InChI=1S/C3H3ClF4/c1-2(4,5)3(6,7)8/h1H3/t2-/m0/s1. The summed E-state index contributed by atoms with van der Waals surface area (Å²) in [5.74, 6) is 0. The van der Waals surface area contributed by atoms with Crippen LogP contribution in [0.4, 0.5) is 17.6 Å². The highest BCUT2D eigenvalue weighted by atomic mass is 35.5. The fraction of sp³-hybridized carbons (Fsp3) is 1.00. The van der Waals surface area contributed by atoms with Gasteiger partial charge in [0.15, 0.2) is 0 Å². The molecule has 0 amide bonds. The molecule has 8 heavy (non-hydrogen) atoms. The molecule has 50 valence electrons. The molecule has 0 aliphatic carbocycles. The molecule has 0 aliphatic rings. The largest absolute Gasteiger partial charge is 0.436 e. The lowest BCUT2D eigenvalue weighted by Gasteiger charge is -2.14. The van der Waals surface area contributed by atoms with Crippen LogP contribution in [0.3, 0.4) is 0 Å². The molecule has 0 nitrogen and oxygen atoms in total. The molecule has 0 rings (SSSR count). The van der Waals surface area contributed by atoms with E-state index in [9.17, 15) is 17.6 Å². The van der Waals surface area contributed by atoms with Gasteiger partial charge in [-0.3, -0.25) is 0 Å². The first kappa shape index (κ1) is 8.01. The van der Waals surface area contributed by atoms with Crippen molar-refractivity contribution >= 4 is 11.6 Å². The Morgan fingerprint density at radius 3 is 1.25 bits per heavy atom. The number of rotatable bonds is 0. The summed E-state index contributed by atoms with van der Waals surface area (Å²) >= 11 is 4.22. The van der Waals surface area contributed by atoms with Crippen LogP contribution in [0.15, 0.2) is 0 Å². The van der Waals surface area contributed by atoms with Gasteiger partial charge >= 0.3 is 6.18 Å². The van der Waals surface area contributed by atoms with Gasteiger partial charge in [0.05, 0.1) is 0 Å². The average molecular weight is 151 g/mol. The van der Waals surface area contributed by atoms with Crippen LogP contribution in [-0.4, -0.2) is 11.3 Å². The van der Waals surface area contributed by atoms with Crippen molar-refractivity contribution in [3.63, 3.8) is 0 Å². The minimum atomic E-state index is -4.96. The van der Waals surface area contributed by atoms with E-state index in [4.69, 9.17) is 0 Å². The van der Waals surface area contributed by atoms with Crippen molar-refractivity contribution in [2.24, 2.45) is 0 Å². The average Bonchev–Trinajstić information content (AvgIpc) is 1.25. The highest BCUT2D eigenvalue weighted by Gasteiger charge is 2.50. The topological polar surface area (TPSA) is 0 Å². The molecule has 0 aromatic rings. The molecule has 0 saturated carbocycles. The monoisotopic (exact) mass is 150 g/mol. The second kappa shape index (κ2) is 1.76. The van der Waals surface area contributed by atoms with E-state index in [2.05, 4.69) is 11.6 Å². The van der Waals surface area contributed by atoms with Crippen LogP contribution in [0.25, 0.3) is 0 Å². The SMILES string of the molecule is C[C@@](F)(Cl)C(F)(F)F. The van der Waals surface area contributed by atoms with Crippen molar-refractivity contribution < 1.29 is 17.6 Å². The maximum Gasteiger partial charge on any atom is 0.436 e. The van der Waals surface area contributed by atoms with E-state index in [0.717, 1.165) is 0 Å². The second-order valence-electron chi connectivity index (χ2n) is 1.39. The maximum atomic E-state index is 11.5. The summed E-state index contributed by atoms with van der Waals surface area (Å²) in [5.41, 5.74) is 0. The quantitative estimate of drug-likeness (QED) is 0.368. The first-order valence-corrected chi connectivity index (χ1v) is 2.07.